The van der Waals surface area contributed by atoms with Crippen LogP contribution in [0.3, 0.4) is 0 Å². The Bertz CT molecular complexity index is 782. The van der Waals surface area contributed by atoms with Gasteiger partial charge in [-0.2, -0.15) is 0 Å². The summed E-state index contributed by atoms with van der Waals surface area (Å²) in [6, 6.07) is 9.79. The highest BCUT2D eigenvalue weighted by Gasteiger charge is 2.23. The molecular weight excluding hydrogens is 324 g/mol. The third-order valence-electron chi connectivity index (χ3n) is 4.68. The van der Waals surface area contributed by atoms with Crippen LogP contribution in [0.2, 0.25) is 0 Å². The van der Waals surface area contributed by atoms with Crippen LogP contribution in [0.25, 0.3) is 0 Å². The lowest BCUT2D eigenvalue weighted by atomic mass is 9.96. The fourth-order valence-electron chi connectivity index (χ4n) is 3.20. The molecule has 1 amide bonds. The Morgan fingerprint density at radius 1 is 1.08 bits per heavy atom. The Morgan fingerprint density at radius 2 is 1.88 bits per heavy atom. The molecule has 0 saturated carbocycles. The highest BCUT2D eigenvalue weighted by Crippen LogP contribution is 2.21. The van der Waals surface area contributed by atoms with Gasteiger partial charge in [0, 0.05) is 43.4 Å². The average molecular weight is 352 g/mol. The SMILES string of the molecule is Cc1cccc(C(=O)N2CCCN(c3ccnc(C(C)(C)C)n3)CC2)c1. The van der Waals surface area contributed by atoms with Crippen LogP contribution in [0, 0.1) is 6.92 Å². The van der Waals surface area contributed by atoms with E-state index in [1.54, 1.807) is 0 Å². The van der Waals surface area contributed by atoms with Gasteiger partial charge in [0.2, 0.25) is 0 Å². The Labute approximate surface area is 156 Å². The molecule has 5 heteroatoms. The molecule has 1 fully saturated rings. The van der Waals surface area contributed by atoms with E-state index in [9.17, 15) is 4.79 Å². The maximum Gasteiger partial charge on any atom is 0.253 e. The Hall–Kier alpha value is -2.43. The summed E-state index contributed by atoms with van der Waals surface area (Å²) in [7, 11) is 0. The number of anilines is 1. The number of amides is 1. The number of aryl methyl sites for hydroxylation is 1. The van der Waals surface area contributed by atoms with Crippen LogP contribution >= 0.6 is 0 Å². The van der Waals surface area contributed by atoms with Gasteiger partial charge < -0.3 is 9.80 Å². The zero-order valence-electron chi connectivity index (χ0n) is 16.2. The van der Waals surface area contributed by atoms with Crippen LogP contribution in [0.5, 0.6) is 0 Å². The molecule has 1 aliphatic rings. The number of carbonyl (C=O) groups is 1. The molecule has 0 bridgehead atoms. The van der Waals surface area contributed by atoms with Gasteiger partial charge in [-0.15, -0.1) is 0 Å². The molecule has 1 aromatic heterocycles. The van der Waals surface area contributed by atoms with Crippen LogP contribution in [-0.2, 0) is 5.41 Å². The smallest absolute Gasteiger partial charge is 0.253 e. The van der Waals surface area contributed by atoms with E-state index in [-0.39, 0.29) is 11.3 Å². The molecule has 1 aromatic carbocycles. The fourth-order valence-corrected chi connectivity index (χ4v) is 3.20. The molecule has 2 heterocycles. The number of carbonyl (C=O) groups excluding carboxylic acids is 1. The minimum absolute atomic E-state index is 0.0744. The maximum atomic E-state index is 12.8. The highest BCUT2D eigenvalue weighted by atomic mass is 16.2. The van der Waals surface area contributed by atoms with Gasteiger partial charge in [-0.05, 0) is 31.5 Å². The average Bonchev–Trinajstić information content (AvgIpc) is 2.87. The number of rotatable bonds is 2. The summed E-state index contributed by atoms with van der Waals surface area (Å²) in [4.78, 5) is 26.2. The highest BCUT2D eigenvalue weighted by molar-refractivity contribution is 5.94. The van der Waals surface area contributed by atoms with Crippen molar-refractivity contribution in [3.8, 4) is 0 Å². The van der Waals surface area contributed by atoms with Crippen molar-refractivity contribution in [1.29, 1.82) is 0 Å². The Kier molecular flexibility index (Phi) is 5.25. The number of hydrogen-bond acceptors (Lipinski definition) is 4. The third kappa shape index (κ3) is 4.21. The van der Waals surface area contributed by atoms with Gasteiger partial charge in [-0.1, -0.05) is 38.5 Å². The van der Waals surface area contributed by atoms with E-state index in [2.05, 4.69) is 30.7 Å². The molecule has 26 heavy (non-hydrogen) atoms. The second-order valence-corrected chi connectivity index (χ2v) is 7.99. The zero-order valence-corrected chi connectivity index (χ0v) is 16.2. The first kappa shape index (κ1) is 18.4. The van der Waals surface area contributed by atoms with Gasteiger partial charge in [0.05, 0.1) is 0 Å². The van der Waals surface area contributed by atoms with Crippen molar-refractivity contribution in [3.63, 3.8) is 0 Å². The molecule has 0 atom stereocenters. The molecule has 0 spiro atoms. The van der Waals surface area contributed by atoms with Gasteiger partial charge in [0.15, 0.2) is 0 Å². The van der Waals surface area contributed by atoms with E-state index >= 15 is 0 Å². The normalized spacial score (nSPS) is 15.7. The summed E-state index contributed by atoms with van der Waals surface area (Å²) in [6.45, 7) is 11.6. The Morgan fingerprint density at radius 3 is 2.62 bits per heavy atom. The molecule has 0 unspecified atom stereocenters. The molecular formula is C21H28N4O. The molecule has 138 valence electrons. The minimum Gasteiger partial charge on any atom is -0.355 e. The van der Waals surface area contributed by atoms with Crippen molar-refractivity contribution in [2.45, 2.75) is 39.5 Å². The molecule has 0 aliphatic carbocycles. The van der Waals surface area contributed by atoms with Crippen LogP contribution in [-0.4, -0.2) is 47.0 Å². The van der Waals surface area contributed by atoms with E-state index < -0.39 is 0 Å². The predicted molar refractivity (Wildman–Crippen MR) is 105 cm³/mol. The summed E-state index contributed by atoms with van der Waals surface area (Å²) in [5, 5.41) is 0. The van der Waals surface area contributed by atoms with Crippen molar-refractivity contribution in [2.24, 2.45) is 0 Å². The molecule has 1 aliphatic heterocycles. The van der Waals surface area contributed by atoms with Crippen molar-refractivity contribution in [2.75, 3.05) is 31.1 Å². The predicted octanol–water partition coefficient (Wildman–Crippen LogP) is 3.44. The summed E-state index contributed by atoms with van der Waals surface area (Å²) in [6.07, 6.45) is 2.77. The molecule has 5 nitrogen and oxygen atoms in total. The zero-order chi connectivity index (χ0) is 18.7. The third-order valence-corrected chi connectivity index (χ3v) is 4.68. The van der Waals surface area contributed by atoms with E-state index in [0.717, 1.165) is 48.8 Å². The fraction of sp³-hybridized carbons (Fsp3) is 0.476. The standard InChI is InChI=1S/C21H28N4O/c1-16-7-5-8-17(15-16)19(26)25-12-6-11-24(13-14-25)18-9-10-22-20(23-18)21(2,3)4/h5,7-10,15H,6,11-14H2,1-4H3. The van der Waals surface area contributed by atoms with Crippen LogP contribution < -0.4 is 4.90 Å². The Balaban J connectivity index is 1.72. The topological polar surface area (TPSA) is 49.3 Å². The molecule has 3 rings (SSSR count). The van der Waals surface area contributed by atoms with Gasteiger partial charge in [-0.3, -0.25) is 4.79 Å². The summed E-state index contributed by atoms with van der Waals surface area (Å²) in [5.41, 5.74) is 1.81. The first-order chi connectivity index (χ1) is 12.3. The summed E-state index contributed by atoms with van der Waals surface area (Å²) < 4.78 is 0. The van der Waals surface area contributed by atoms with Crippen LogP contribution in [0.4, 0.5) is 5.82 Å². The van der Waals surface area contributed by atoms with Crippen molar-refractivity contribution in [3.05, 3.63) is 53.5 Å². The van der Waals surface area contributed by atoms with E-state index in [4.69, 9.17) is 4.98 Å². The minimum atomic E-state index is -0.0744. The maximum absolute atomic E-state index is 12.8. The second-order valence-electron chi connectivity index (χ2n) is 7.99. The number of benzene rings is 1. The van der Waals surface area contributed by atoms with Gasteiger partial charge in [0.25, 0.3) is 5.91 Å². The van der Waals surface area contributed by atoms with Gasteiger partial charge in [-0.25, -0.2) is 9.97 Å². The van der Waals surface area contributed by atoms with Crippen molar-refractivity contribution >= 4 is 11.7 Å². The summed E-state index contributed by atoms with van der Waals surface area (Å²) >= 11 is 0. The van der Waals surface area contributed by atoms with Gasteiger partial charge in [0.1, 0.15) is 11.6 Å². The van der Waals surface area contributed by atoms with E-state index in [1.165, 1.54) is 0 Å². The van der Waals surface area contributed by atoms with Crippen LogP contribution in [0.15, 0.2) is 36.5 Å². The number of nitrogens with zero attached hydrogens (tertiary/aromatic N) is 4. The molecule has 0 radical (unpaired) electrons. The second kappa shape index (κ2) is 7.44. The first-order valence-electron chi connectivity index (χ1n) is 9.29. The lowest BCUT2D eigenvalue weighted by Crippen LogP contribution is -2.35. The van der Waals surface area contributed by atoms with E-state index in [0.29, 0.717) is 6.54 Å². The molecule has 2 aromatic rings. The lowest BCUT2D eigenvalue weighted by molar-refractivity contribution is 0.0767. The van der Waals surface area contributed by atoms with Gasteiger partial charge >= 0.3 is 0 Å². The number of hydrogen-bond donors (Lipinski definition) is 0. The monoisotopic (exact) mass is 352 g/mol. The first-order valence-corrected chi connectivity index (χ1v) is 9.29. The van der Waals surface area contributed by atoms with Crippen molar-refractivity contribution < 1.29 is 4.79 Å². The molecule has 1 saturated heterocycles. The number of aromatic nitrogens is 2. The van der Waals surface area contributed by atoms with Crippen LogP contribution in [0.1, 0.15) is 48.9 Å². The van der Waals surface area contributed by atoms with E-state index in [1.807, 2.05) is 48.4 Å². The quantitative estimate of drug-likeness (QED) is 0.831. The lowest BCUT2D eigenvalue weighted by Gasteiger charge is -2.24. The summed E-state index contributed by atoms with van der Waals surface area (Å²) in [5.74, 6) is 1.93. The largest absolute Gasteiger partial charge is 0.355 e. The molecule has 0 N–H and O–H groups in total. The van der Waals surface area contributed by atoms with Crippen molar-refractivity contribution in [1.82, 2.24) is 14.9 Å².